The van der Waals surface area contributed by atoms with E-state index in [-0.39, 0.29) is 12.3 Å². The second-order valence-corrected chi connectivity index (χ2v) is 6.92. The number of para-hydroxylation sites is 1. The second-order valence-electron chi connectivity index (χ2n) is 4.62. The van der Waals surface area contributed by atoms with Crippen molar-refractivity contribution in [3.8, 4) is 5.69 Å². The zero-order valence-electron chi connectivity index (χ0n) is 11.6. The molecule has 5 nitrogen and oxygen atoms in total. The number of hydrogen-bond acceptors (Lipinski definition) is 3. The molecule has 1 aromatic heterocycles. The van der Waals surface area contributed by atoms with Gasteiger partial charge >= 0.3 is 0 Å². The first-order valence-corrected chi connectivity index (χ1v) is 8.92. The molecule has 0 aliphatic heterocycles. The van der Waals surface area contributed by atoms with Crippen molar-refractivity contribution in [3.05, 3.63) is 48.3 Å². The minimum absolute atomic E-state index is 0.101. The van der Waals surface area contributed by atoms with E-state index in [1.807, 2.05) is 36.5 Å². The molecule has 0 atom stereocenters. The van der Waals surface area contributed by atoms with Crippen LogP contribution in [0.15, 0.2) is 42.7 Å². The van der Waals surface area contributed by atoms with Gasteiger partial charge in [-0.1, -0.05) is 18.2 Å². The molecule has 0 saturated heterocycles. The summed E-state index contributed by atoms with van der Waals surface area (Å²) in [7, 11) is -3.28. The molecule has 0 radical (unpaired) electrons. The van der Waals surface area contributed by atoms with Crippen LogP contribution in [0.1, 0.15) is 18.4 Å². The Kier molecular flexibility index (Phi) is 5.78. The molecule has 114 valence electrons. The molecule has 2 aromatic rings. The molecule has 21 heavy (non-hydrogen) atoms. The largest absolute Gasteiger partial charge is 0.241 e. The number of unbranched alkanes of at least 4 members (excludes halogenated alkanes) is 1. The molecule has 0 unspecified atom stereocenters. The van der Waals surface area contributed by atoms with Crippen LogP contribution in [0.25, 0.3) is 5.69 Å². The van der Waals surface area contributed by atoms with Gasteiger partial charge in [0.1, 0.15) is 0 Å². The minimum Gasteiger partial charge on any atom is -0.241 e. The van der Waals surface area contributed by atoms with Gasteiger partial charge in [-0.05, 0) is 30.5 Å². The Bertz CT molecular complexity index is 657. The van der Waals surface area contributed by atoms with Gasteiger partial charge in [-0.2, -0.15) is 5.10 Å². The van der Waals surface area contributed by atoms with Crippen LogP contribution in [0.4, 0.5) is 0 Å². The average Bonchev–Trinajstić information content (AvgIpc) is 3.00. The second kappa shape index (κ2) is 7.59. The molecule has 1 aromatic carbocycles. The normalized spacial score (nSPS) is 11.7. The van der Waals surface area contributed by atoms with Gasteiger partial charge in [0.05, 0.1) is 11.4 Å². The Balaban J connectivity index is 2.04. The lowest BCUT2D eigenvalue weighted by Gasteiger charge is -2.11. The van der Waals surface area contributed by atoms with E-state index in [0.717, 1.165) is 11.3 Å². The Morgan fingerprint density at radius 2 is 2.00 bits per heavy atom. The van der Waals surface area contributed by atoms with Gasteiger partial charge in [-0.3, -0.25) is 0 Å². The van der Waals surface area contributed by atoms with Gasteiger partial charge < -0.3 is 0 Å². The van der Waals surface area contributed by atoms with Gasteiger partial charge in [0.2, 0.25) is 10.0 Å². The van der Waals surface area contributed by atoms with Gasteiger partial charge in [0.15, 0.2) is 0 Å². The lowest BCUT2D eigenvalue weighted by atomic mass is 10.2. The zero-order chi connectivity index (χ0) is 15.1. The summed E-state index contributed by atoms with van der Waals surface area (Å²) in [5.74, 6) is 0.585. The predicted octanol–water partition coefficient (Wildman–Crippen LogP) is 2.31. The third kappa shape index (κ3) is 4.84. The van der Waals surface area contributed by atoms with Crippen molar-refractivity contribution >= 4 is 21.6 Å². The van der Waals surface area contributed by atoms with Crippen LogP contribution < -0.4 is 4.72 Å². The SMILES string of the molecule is O=S(=O)(CCCCCl)NCc1ccccc1-n1cccn1. The topological polar surface area (TPSA) is 64.0 Å². The summed E-state index contributed by atoms with van der Waals surface area (Å²) in [5.41, 5.74) is 1.74. The number of nitrogens with zero attached hydrogens (tertiary/aromatic N) is 2. The fraction of sp³-hybridized carbons (Fsp3) is 0.357. The lowest BCUT2D eigenvalue weighted by molar-refractivity contribution is 0.578. The molecular weight excluding hydrogens is 310 g/mol. The highest BCUT2D eigenvalue weighted by Gasteiger charge is 2.11. The maximum atomic E-state index is 11.9. The predicted molar refractivity (Wildman–Crippen MR) is 84.1 cm³/mol. The number of rotatable bonds is 8. The van der Waals surface area contributed by atoms with Crippen LogP contribution in [0.5, 0.6) is 0 Å². The highest BCUT2D eigenvalue weighted by atomic mass is 35.5. The number of halogens is 1. The van der Waals surface area contributed by atoms with Crippen LogP contribution >= 0.6 is 11.6 Å². The summed E-state index contributed by atoms with van der Waals surface area (Å²) < 4.78 is 28.1. The molecule has 1 N–H and O–H groups in total. The number of alkyl halides is 1. The lowest BCUT2D eigenvalue weighted by Crippen LogP contribution is -2.26. The maximum Gasteiger partial charge on any atom is 0.211 e. The monoisotopic (exact) mass is 327 g/mol. The first kappa shape index (κ1) is 16.0. The summed E-state index contributed by atoms with van der Waals surface area (Å²) in [4.78, 5) is 0. The summed E-state index contributed by atoms with van der Waals surface area (Å²) in [5, 5.41) is 4.18. The third-order valence-corrected chi connectivity index (χ3v) is 4.70. The molecular formula is C14H18ClN3O2S. The van der Waals surface area contributed by atoms with E-state index >= 15 is 0 Å². The highest BCUT2D eigenvalue weighted by molar-refractivity contribution is 7.89. The van der Waals surface area contributed by atoms with Gasteiger partial charge in [-0.15, -0.1) is 11.6 Å². The number of benzene rings is 1. The zero-order valence-corrected chi connectivity index (χ0v) is 13.1. The highest BCUT2D eigenvalue weighted by Crippen LogP contribution is 2.13. The fourth-order valence-corrected chi connectivity index (χ4v) is 3.23. The molecule has 0 bridgehead atoms. The first-order valence-electron chi connectivity index (χ1n) is 6.73. The molecule has 0 saturated carbocycles. The summed E-state index contributed by atoms with van der Waals surface area (Å²) in [6.07, 6.45) is 4.78. The van der Waals surface area contributed by atoms with E-state index in [9.17, 15) is 8.42 Å². The molecule has 0 fully saturated rings. The van der Waals surface area contributed by atoms with Crippen LogP contribution in [0.2, 0.25) is 0 Å². The standard InChI is InChI=1S/C14H18ClN3O2S/c15-8-3-4-11-21(19,20)17-12-13-6-1-2-7-14(13)18-10-5-9-16-18/h1-2,5-7,9-10,17H,3-4,8,11-12H2. The van der Waals surface area contributed by atoms with Crippen molar-refractivity contribution < 1.29 is 8.42 Å². The first-order chi connectivity index (χ1) is 10.1. The van der Waals surface area contributed by atoms with Crippen LogP contribution in [0, 0.1) is 0 Å². The molecule has 7 heteroatoms. The number of nitrogens with one attached hydrogen (secondary N) is 1. The Labute approximate surface area is 130 Å². The molecule has 0 aliphatic carbocycles. The Morgan fingerprint density at radius 3 is 2.71 bits per heavy atom. The number of hydrogen-bond donors (Lipinski definition) is 1. The number of sulfonamides is 1. The van der Waals surface area contributed by atoms with E-state index < -0.39 is 10.0 Å². The van der Waals surface area contributed by atoms with Crippen molar-refractivity contribution in [2.24, 2.45) is 0 Å². The third-order valence-electron chi connectivity index (χ3n) is 3.02. The van der Waals surface area contributed by atoms with Crippen LogP contribution in [0.3, 0.4) is 0 Å². The summed E-state index contributed by atoms with van der Waals surface area (Å²) in [6.45, 7) is 0.249. The smallest absolute Gasteiger partial charge is 0.211 e. The number of aromatic nitrogens is 2. The van der Waals surface area contributed by atoms with Crippen molar-refractivity contribution in [3.63, 3.8) is 0 Å². The molecule has 0 aliphatic rings. The molecule has 2 rings (SSSR count). The van der Waals surface area contributed by atoms with E-state index in [1.165, 1.54) is 0 Å². The van der Waals surface area contributed by atoms with E-state index in [4.69, 9.17) is 11.6 Å². The van der Waals surface area contributed by atoms with Crippen molar-refractivity contribution in [2.75, 3.05) is 11.6 Å². The van der Waals surface area contributed by atoms with E-state index in [1.54, 1.807) is 10.9 Å². The van der Waals surface area contributed by atoms with Gasteiger partial charge in [0.25, 0.3) is 0 Å². The van der Waals surface area contributed by atoms with E-state index in [0.29, 0.717) is 18.7 Å². The summed E-state index contributed by atoms with van der Waals surface area (Å²) >= 11 is 5.56. The van der Waals surface area contributed by atoms with Crippen molar-refractivity contribution in [1.29, 1.82) is 0 Å². The quantitative estimate of drug-likeness (QED) is 0.597. The Hall–Kier alpha value is -1.37. The van der Waals surface area contributed by atoms with Gasteiger partial charge in [0, 0.05) is 24.8 Å². The van der Waals surface area contributed by atoms with Crippen LogP contribution in [-0.4, -0.2) is 29.8 Å². The maximum absolute atomic E-state index is 11.9. The van der Waals surface area contributed by atoms with Gasteiger partial charge in [-0.25, -0.2) is 17.8 Å². The molecule has 0 amide bonds. The molecule has 1 heterocycles. The fourth-order valence-electron chi connectivity index (χ4n) is 1.94. The van der Waals surface area contributed by atoms with Crippen molar-refractivity contribution in [1.82, 2.24) is 14.5 Å². The summed E-state index contributed by atoms with van der Waals surface area (Å²) in [6, 6.07) is 9.40. The molecule has 0 spiro atoms. The Morgan fingerprint density at radius 1 is 1.19 bits per heavy atom. The van der Waals surface area contributed by atoms with E-state index in [2.05, 4.69) is 9.82 Å². The minimum atomic E-state index is -3.28. The van der Waals surface area contributed by atoms with Crippen LogP contribution in [-0.2, 0) is 16.6 Å². The average molecular weight is 328 g/mol. The van der Waals surface area contributed by atoms with Crippen molar-refractivity contribution in [2.45, 2.75) is 19.4 Å².